The number of aldehydes is 1. The van der Waals surface area contributed by atoms with Gasteiger partial charge in [-0.2, -0.15) is 0 Å². The molecule has 0 atom stereocenters. The predicted octanol–water partition coefficient (Wildman–Crippen LogP) is 4.36. The van der Waals surface area contributed by atoms with E-state index >= 15 is 0 Å². The van der Waals surface area contributed by atoms with Crippen LogP contribution in [0.1, 0.15) is 5.56 Å². The number of nitrogens with two attached hydrogens (primary N) is 1. The topological polar surface area (TPSA) is 102 Å². The number of ether oxygens (including phenoxy) is 1. The average molecular weight is 436 g/mol. The highest BCUT2D eigenvalue weighted by Crippen LogP contribution is 2.32. The van der Waals surface area contributed by atoms with Crippen molar-refractivity contribution in [2.24, 2.45) is 10.7 Å². The number of aliphatic imine (C=N–C) groups is 1. The van der Waals surface area contributed by atoms with E-state index < -0.39 is 0 Å². The summed E-state index contributed by atoms with van der Waals surface area (Å²) in [5, 5.41) is 3.11. The summed E-state index contributed by atoms with van der Waals surface area (Å²) in [5.41, 5.74) is 8.52. The van der Waals surface area contributed by atoms with Crippen LogP contribution >= 0.6 is 11.9 Å². The molecular formula is C23H25N5O2S. The molecule has 0 saturated carbocycles. The molecule has 0 amide bonds. The van der Waals surface area contributed by atoms with Crippen molar-refractivity contribution in [2.75, 3.05) is 24.2 Å². The highest BCUT2D eigenvalue weighted by Gasteiger charge is 2.05. The van der Waals surface area contributed by atoms with Gasteiger partial charge in [-0.15, -0.1) is 0 Å². The average Bonchev–Trinajstić information content (AvgIpc) is 2.84. The fourth-order valence-electron chi connectivity index (χ4n) is 2.29. The highest BCUT2D eigenvalue weighted by atomic mass is 32.2. The van der Waals surface area contributed by atoms with Crippen LogP contribution in [0.15, 0.2) is 95.2 Å². The maximum absolute atomic E-state index is 9.93. The standard InChI is InChI=1S/C13H15N3OS.C10H10N2O/c1-14-11-3-4-12(17-2)13(9-11)18-16-10-5-7-15-8-6-10;11-10(12-7-4-8-13)9-5-2-1-3-6-9/h3-9,14H,1-2H3,(H,15,16);1-8H,(H2,11,12)/b;7-4+. The Kier molecular flexibility index (Phi) is 10.2. The van der Waals surface area contributed by atoms with E-state index in [9.17, 15) is 4.79 Å². The van der Waals surface area contributed by atoms with Crippen molar-refractivity contribution in [3.63, 3.8) is 0 Å². The molecule has 160 valence electrons. The fourth-order valence-corrected chi connectivity index (χ4v) is 3.09. The van der Waals surface area contributed by atoms with Gasteiger partial charge in [-0.1, -0.05) is 30.3 Å². The Balaban J connectivity index is 0.000000233. The van der Waals surface area contributed by atoms with Crippen LogP contribution in [0.3, 0.4) is 0 Å². The smallest absolute Gasteiger partial charge is 0.144 e. The second-order valence-electron chi connectivity index (χ2n) is 5.91. The van der Waals surface area contributed by atoms with Gasteiger partial charge in [-0.25, -0.2) is 4.99 Å². The zero-order chi connectivity index (χ0) is 22.3. The van der Waals surface area contributed by atoms with Gasteiger partial charge in [-0.3, -0.25) is 9.78 Å². The molecule has 2 aromatic carbocycles. The van der Waals surface area contributed by atoms with Crippen molar-refractivity contribution >= 4 is 35.4 Å². The third-order valence-corrected chi connectivity index (χ3v) is 4.74. The summed E-state index contributed by atoms with van der Waals surface area (Å²) in [6, 6.07) is 19.2. The summed E-state index contributed by atoms with van der Waals surface area (Å²) in [6.45, 7) is 0. The molecular weight excluding hydrogens is 410 g/mol. The van der Waals surface area contributed by atoms with Crippen molar-refractivity contribution in [2.45, 2.75) is 4.90 Å². The number of benzene rings is 2. The molecule has 0 radical (unpaired) electrons. The minimum atomic E-state index is 0.402. The number of nitrogens with one attached hydrogen (secondary N) is 2. The van der Waals surface area contributed by atoms with E-state index in [0.29, 0.717) is 12.1 Å². The summed E-state index contributed by atoms with van der Waals surface area (Å²) < 4.78 is 8.59. The Hall–Kier alpha value is -3.78. The monoisotopic (exact) mass is 435 g/mol. The Labute approximate surface area is 186 Å². The first kappa shape index (κ1) is 23.5. The van der Waals surface area contributed by atoms with Crippen LogP contribution in [0, 0.1) is 0 Å². The molecule has 3 rings (SSSR count). The first-order valence-corrected chi connectivity index (χ1v) is 10.2. The predicted molar refractivity (Wildman–Crippen MR) is 129 cm³/mol. The molecule has 0 saturated heterocycles. The minimum Gasteiger partial charge on any atom is -0.496 e. The van der Waals surface area contributed by atoms with Crippen molar-refractivity contribution in [1.29, 1.82) is 0 Å². The SMILES string of the molecule is CNc1ccc(OC)c(SNc2ccncc2)c1.NC(=N/C=C/C=O)c1ccccc1. The summed E-state index contributed by atoms with van der Waals surface area (Å²) in [7, 11) is 3.57. The van der Waals surface area contributed by atoms with Gasteiger partial charge in [0.2, 0.25) is 0 Å². The zero-order valence-corrected chi connectivity index (χ0v) is 18.2. The van der Waals surface area contributed by atoms with Gasteiger partial charge in [0.15, 0.2) is 0 Å². The Morgan fingerprint density at radius 1 is 1.10 bits per heavy atom. The van der Waals surface area contributed by atoms with E-state index in [0.717, 1.165) is 27.6 Å². The number of amidine groups is 1. The summed E-state index contributed by atoms with van der Waals surface area (Å²) in [6.07, 6.45) is 6.82. The molecule has 1 heterocycles. The van der Waals surface area contributed by atoms with Gasteiger partial charge in [0, 0.05) is 42.6 Å². The number of rotatable bonds is 8. The minimum absolute atomic E-state index is 0.402. The lowest BCUT2D eigenvalue weighted by Gasteiger charge is -2.11. The molecule has 0 spiro atoms. The van der Waals surface area contributed by atoms with Gasteiger partial charge in [-0.05, 0) is 48.4 Å². The van der Waals surface area contributed by atoms with Crippen LogP contribution in [0.4, 0.5) is 11.4 Å². The molecule has 0 aliphatic heterocycles. The molecule has 0 bridgehead atoms. The second-order valence-corrected chi connectivity index (χ2v) is 6.76. The largest absolute Gasteiger partial charge is 0.496 e. The normalized spacial score (nSPS) is 10.7. The molecule has 7 nitrogen and oxygen atoms in total. The second kappa shape index (κ2) is 13.4. The van der Waals surface area contributed by atoms with Gasteiger partial charge in [0.25, 0.3) is 0 Å². The number of carbonyl (C=O) groups excluding carboxylic acids is 1. The van der Waals surface area contributed by atoms with Gasteiger partial charge in [0.05, 0.1) is 12.0 Å². The number of nitrogens with zero attached hydrogens (tertiary/aromatic N) is 2. The quantitative estimate of drug-likeness (QED) is 0.159. The number of pyridine rings is 1. The number of allylic oxidation sites excluding steroid dienone is 1. The maximum Gasteiger partial charge on any atom is 0.144 e. The third kappa shape index (κ3) is 8.23. The van der Waals surface area contributed by atoms with Crippen molar-refractivity contribution < 1.29 is 9.53 Å². The Bertz CT molecular complexity index is 995. The Morgan fingerprint density at radius 2 is 1.84 bits per heavy atom. The van der Waals surface area contributed by atoms with Crippen molar-refractivity contribution in [1.82, 2.24) is 4.98 Å². The maximum atomic E-state index is 9.93. The molecule has 0 aliphatic carbocycles. The molecule has 31 heavy (non-hydrogen) atoms. The summed E-state index contributed by atoms with van der Waals surface area (Å²) >= 11 is 1.51. The van der Waals surface area contributed by atoms with Crippen LogP contribution in [0.5, 0.6) is 5.75 Å². The molecule has 0 unspecified atom stereocenters. The van der Waals surface area contributed by atoms with Gasteiger partial charge < -0.3 is 20.5 Å². The number of carbonyl (C=O) groups is 1. The third-order valence-electron chi connectivity index (χ3n) is 3.86. The van der Waals surface area contributed by atoms with Crippen molar-refractivity contribution in [3.8, 4) is 5.75 Å². The number of hydrogen-bond acceptors (Lipinski definition) is 7. The van der Waals surface area contributed by atoms with E-state index in [-0.39, 0.29) is 0 Å². The van der Waals surface area contributed by atoms with E-state index in [2.05, 4.69) is 20.0 Å². The Morgan fingerprint density at radius 3 is 2.48 bits per heavy atom. The van der Waals surface area contributed by atoms with Crippen LogP contribution in [0.2, 0.25) is 0 Å². The lowest BCUT2D eigenvalue weighted by molar-refractivity contribution is -0.104. The molecule has 1 aromatic heterocycles. The number of methoxy groups -OCH3 is 1. The summed E-state index contributed by atoms with van der Waals surface area (Å²) in [5.74, 6) is 1.25. The van der Waals surface area contributed by atoms with Gasteiger partial charge >= 0.3 is 0 Å². The van der Waals surface area contributed by atoms with Gasteiger partial charge in [0.1, 0.15) is 17.9 Å². The number of hydrogen-bond donors (Lipinski definition) is 3. The lowest BCUT2D eigenvalue weighted by atomic mass is 10.2. The molecule has 0 fully saturated rings. The van der Waals surface area contributed by atoms with E-state index in [1.54, 1.807) is 19.5 Å². The first-order chi connectivity index (χ1) is 15.2. The zero-order valence-electron chi connectivity index (χ0n) is 17.4. The fraction of sp³-hybridized carbons (Fsp3) is 0.0870. The van der Waals surface area contributed by atoms with E-state index in [4.69, 9.17) is 10.5 Å². The van der Waals surface area contributed by atoms with Crippen molar-refractivity contribution in [3.05, 3.63) is 90.9 Å². The van der Waals surface area contributed by atoms with E-state index in [1.807, 2.05) is 67.7 Å². The molecule has 4 N–H and O–H groups in total. The number of anilines is 2. The number of aromatic nitrogens is 1. The lowest BCUT2D eigenvalue weighted by Crippen LogP contribution is -2.12. The van der Waals surface area contributed by atoms with E-state index in [1.165, 1.54) is 24.2 Å². The highest BCUT2D eigenvalue weighted by molar-refractivity contribution is 8.00. The van der Waals surface area contributed by atoms with Crippen LogP contribution in [-0.2, 0) is 4.79 Å². The first-order valence-electron chi connectivity index (χ1n) is 9.35. The van der Waals surface area contributed by atoms with Crippen LogP contribution in [0.25, 0.3) is 0 Å². The molecule has 8 heteroatoms. The van der Waals surface area contributed by atoms with Crippen LogP contribution in [-0.4, -0.2) is 31.3 Å². The summed E-state index contributed by atoms with van der Waals surface area (Å²) in [4.78, 5) is 18.8. The molecule has 3 aromatic rings. The molecule has 0 aliphatic rings. The van der Waals surface area contributed by atoms with Crippen LogP contribution < -0.4 is 20.5 Å².